The summed E-state index contributed by atoms with van der Waals surface area (Å²) in [6.45, 7) is 1.73. The Balaban J connectivity index is 1.39. The van der Waals surface area contributed by atoms with Crippen molar-refractivity contribution in [2.24, 2.45) is 0 Å². The predicted octanol–water partition coefficient (Wildman–Crippen LogP) is 1.91. The molecule has 1 aromatic carbocycles. The van der Waals surface area contributed by atoms with E-state index in [-0.39, 0.29) is 25.9 Å². The topological polar surface area (TPSA) is 106 Å². The molecule has 0 bridgehead atoms. The number of halogens is 1. The second kappa shape index (κ2) is 9.26. The summed E-state index contributed by atoms with van der Waals surface area (Å²) >= 11 is 4.57. The first-order valence-corrected chi connectivity index (χ1v) is 10.1. The molecule has 3 rings (SSSR count). The lowest BCUT2D eigenvalue weighted by molar-refractivity contribution is -0.123. The summed E-state index contributed by atoms with van der Waals surface area (Å²) in [5.41, 5.74) is 0. The Morgan fingerprint density at radius 2 is 2.07 bits per heavy atom. The molecule has 0 saturated carbocycles. The van der Waals surface area contributed by atoms with Gasteiger partial charge >= 0.3 is 0 Å². The number of aliphatic hydroxyl groups is 1. The summed E-state index contributed by atoms with van der Waals surface area (Å²) in [5, 5.41) is 15.2. The third kappa shape index (κ3) is 5.37. The number of benzene rings is 1. The van der Waals surface area contributed by atoms with Gasteiger partial charge in [-0.3, -0.25) is 9.59 Å². The van der Waals surface area contributed by atoms with E-state index in [1.54, 1.807) is 37.3 Å². The number of nitrogens with one attached hydrogen (secondary N) is 2. The maximum atomic E-state index is 12.1. The number of thiophene rings is 1. The Bertz CT molecular complexity index is 858. The van der Waals surface area contributed by atoms with Crippen molar-refractivity contribution in [3.05, 3.63) is 39.0 Å². The average Bonchev–Trinajstić information content (AvgIpc) is 3.32. The summed E-state index contributed by atoms with van der Waals surface area (Å²) in [6.07, 6.45) is -0.912. The van der Waals surface area contributed by atoms with Crippen LogP contribution in [0.2, 0.25) is 0 Å². The van der Waals surface area contributed by atoms with Crippen molar-refractivity contribution in [1.82, 2.24) is 10.6 Å². The molecule has 8 nitrogen and oxygen atoms in total. The molecule has 2 unspecified atom stereocenters. The van der Waals surface area contributed by atoms with Crippen LogP contribution in [0.3, 0.4) is 0 Å². The Kier molecular flexibility index (Phi) is 6.76. The van der Waals surface area contributed by atoms with Crippen LogP contribution >= 0.6 is 27.3 Å². The fourth-order valence-corrected chi connectivity index (χ4v) is 3.65. The van der Waals surface area contributed by atoms with E-state index in [4.69, 9.17) is 14.2 Å². The normalized spacial score (nSPS) is 14.2. The zero-order chi connectivity index (χ0) is 20.1. The second-order valence-corrected chi connectivity index (χ2v) is 8.49. The molecule has 0 saturated heterocycles. The average molecular weight is 471 g/mol. The fraction of sp³-hybridized carbons (Fsp3) is 0.333. The van der Waals surface area contributed by atoms with Crippen molar-refractivity contribution >= 4 is 39.1 Å². The SMILES string of the molecule is CC(NC(=O)c1ccc(Br)s1)C(=O)NCC(O)COc1ccc2c(c1)OCO2. The predicted molar refractivity (Wildman–Crippen MR) is 106 cm³/mol. The van der Waals surface area contributed by atoms with Crippen molar-refractivity contribution in [2.75, 3.05) is 19.9 Å². The summed E-state index contributed by atoms with van der Waals surface area (Å²) in [6, 6.07) is 7.80. The molecule has 2 amide bonds. The molecule has 0 radical (unpaired) electrons. The van der Waals surface area contributed by atoms with Crippen LogP contribution in [0.15, 0.2) is 34.1 Å². The highest BCUT2D eigenvalue weighted by Crippen LogP contribution is 2.35. The molecule has 1 aliphatic rings. The number of fused-ring (bicyclic) bond motifs is 1. The lowest BCUT2D eigenvalue weighted by Gasteiger charge is -2.16. The molecular formula is C18H19BrN2O6S. The summed E-state index contributed by atoms with van der Waals surface area (Å²) in [7, 11) is 0. The van der Waals surface area contributed by atoms with Crippen molar-refractivity contribution in [1.29, 1.82) is 0 Å². The van der Waals surface area contributed by atoms with Crippen LogP contribution in [0, 0.1) is 0 Å². The van der Waals surface area contributed by atoms with Gasteiger partial charge in [0.2, 0.25) is 12.7 Å². The van der Waals surface area contributed by atoms with Gasteiger partial charge in [0.1, 0.15) is 24.5 Å². The fourth-order valence-electron chi connectivity index (χ4n) is 2.36. The highest BCUT2D eigenvalue weighted by atomic mass is 79.9. The zero-order valence-electron chi connectivity index (χ0n) is 14.9. The van der Waals surface area contributed by atoms with Crippen LogP contribution in [0.1, 0.15) is 16.6 Å². The van der Waals surface area contributed by atoms with Gasteiger partial charge in [-0.25, -0.2) is 0 Å². The number of carbonyl (C=O) groups excluding carboxylic acids is 2. The smallest absolute Gasteiger partial charge is 0.262 e. The van der Waals surface area contributed by atoms with E-state index in [2.05, 4.69) is 26.6 Å². The number of aliphatic hydroxyl groups excluding tert-OH is 1. The Labute approximate surface area is 173 Å². The molecule has 0 fully saturated rings. The van der Waals surface area contributed by atoms with Crippen LogP contribution in [0.4, 0.5) is 0 Å². The largest absolute Gasteiger partial charge is 0.491 e. The Hall–Kier alpha value is -2.30. The molecule has 2 atom stereocenters. The molecular weight excluding hydrogens is 452 g/mol. The number of hydrogen-bond acceptors (Lipinski definition) is 7. The summed E-state index contributed by atoms with van der Waals surface area (Å²) in [5.74, 6) is 1.03. The third-order valence-electron chi connectivity index (χ3n) is 3.84. The molecule has 1 aromatic heterocycles. The zero-order valence-corrected chi connectivity index (χ0v) is 17.3. The first kappa shape index (κ1) is 20.4. The molecule has 0 aliphatic carbocycles. The number of ether oxygens (including phenoxy) is 3. The van der Waals surface area contributed by atoms with E-state index in [1.807, 2.05) is 0 Å². The van der Waals surface area contributed by atoms with Crippen molar-refractivity contribution in [2.45, 2.75) is 19.1 Å². The molecule has 2 heterocycles. The first-order valence-electron chi connectivity index (χ1n) is 8.47. The molecule has 3 N–H and O–H groups in total. The number of rotatable bonds is 8. The quantitative estimate of drug-likeness (QED) is 0.544. The number of hydrogen-bond donors (Lipinski definition) is 3. The van der Waals surface area contributed by atoms with Crippen LogP contribution in [-0.2, 0) is 4.79 Å². The van der Waals surface area contributed by atoms with Gasteiger partial charge in [-0.1, -0.05) is 0 Å². The lowest BCUT2D eigenvalue weighted by atomic mass is 10.2. The van der Waals surface area contributed by atoms with E-state index >= 15 is 0 Å². The standard InChI is InChI=1S/C18H19BrN2O6S/c1-10(21-18(24)15-4-5-16(19)28-15)17(23)20-7-11(22)8-25-12-2-3-13-14(6-12)27-9-26-13/h2-6,10-11,22H,7-9H2,1H3,(H,20,23)(H,21,24). The van der Waals surface area contributed by atoms with Crippen LogP contribution in [0.25, 0.3) is 0 Å². The minimum Gasteiger partial charge on any atom is -0.491 e. The number of carbonyl (C=O) groups is 2. The van der Waals surface area contributed by atoms with Crippen LogP contribution in [-0.4, -0.2) is 49.0 Å². The van der Waals surface area contributed by atoms with Gasteiger partial charge < -0.3 is 30.0 Å². The van der Waals surface area contributed by atoms with Gasteiger partial charge in [0, 0.05) is 12.6 Å². The van der Waals surface area contributed by atoms with Gasteiger partial charge in [0.05, 0.1) is 8.66 Å². The maximum Gasteiger partial charge on any atom is 0.262 e. The Morgan fingerprint density at radius 1 is 1.29 bits per heavy atom. The minimum atomic E-state index is -0.912. The van der Waals surface area contributed by atoms with E-state index in [0.29, 0.717) is 22.1 Å². The van der Waals surface area contributed by atoms with Gasteiger partial charge in [0.15, 0.2) is 11.5 Å². The molecule has 150 valence electrons. The van der Waals surface area contributed by atoms with Crippen molar-refractivity contribution in [3.8, 4) is 17.2 Å². The molecule has 10 heteroatoms. The molecule has 1 aliphatic heterocycles. The van der Waals surface area contributed by atoms with E-state index in [1.165, 1.54) is 11.3 Å². The summed E-state index contributed by atoms with van der Waals surface area (Å²) < 4.78 is 16.8. The van der Waals surface area contributed by atoms with Crippen LogP contribution in [0.5, 0.6) is 17.2 Å². The van der Waals surface area contributed by atoms with Gasteiger partial charge in [-0.05, 0) is 47.1 Å². The Morgan fingerprint density at radius 3 is 2.82 bits per heavy atom. The van der Waals surface area contributed by atoms with Crippen LogP contribution < -0.4 is 24.8 Å². The van der Waals surface area contributed by atoms with Gasteiger partial charge in [0.25, 0.3) is 5.91 Å². The number of amides is 2. The highest BCUT2D eigenvalue weighted by molar-refractivity contribution is 9.11. The molecule has 2 aromatic rings. The molecule has 0 spiro atoms. The minimum absolute atomic E-state index is 0.00581. The molecule has 28 heavy (non-hydrogen) atoms. The third-order valence-corrected chi connectivity index (χ3v) is 5.46. The summed E-state index contributed by atoms with van der Waals surface area (Å²) in [4.78, 5) is 24.7. The second-order valence-electron chi connectivity index (χ2n) is 6.02. The van der Waals surface area contributed by atoms with Gasteiger partial charge in [-0.2, -0.15) is 0 Å². The monoisotopic (exact) mass is 470 g/mol. The van der Waals surface area contributed by atoms with E-state index in [0.717, 1.165) is 3.79 Å². The lowest BCUT2D eigenvalue weighted by Crippen LogP contribution is -2.47. The van der Waals surface area contributed by atoms with Crippen molar-refractivity contribution < 1.29 is 28.9 Å². The van der Waals surface area contributed by atoms with Gasteiger partial charge in [-0.15, -0.1) is 11.3 Å². The van der Waals surface area contributed by atoms with Crippen molar-refractivity contribution in [3.63, 3.8) is 0 Å². The van der Waals surface area contributed by atoms with E-state index in [9.17, 15) is 14.7 Å². The first-order chi connectivity index (χ1) is 13.4. The van der Waals surface area contributed by atoms with E-state index < -0.39 is 18.1 Å². The highest BCUT2D eigenvalue weighted by Gasteiger charge is 2.19. The maximum absolute atomic E-state index is 12.1.